The Morgan fingerprint density at radius 2 is 2.11 bits per heavy atom. The van der Waals surface area contributed by atoms with E-state index in [2.05, 4.69) is 66.6 Å². The van der Waals surface area contributed by atoms with E-state index in [9.17, 15) is 0 Å². The molecule has 0 saturated carbocycles. The maximum absolute atomic E-state index is 4.66. The number of hydrogen-bond donors (Lipinski definition) is 1. The van der Waals surface area contributed by atoms with E-state index in [-0.39, 0.29) is 0 Å². The number of hydrogen-bond acceptors (Lipinski definition) is 3. The molecule has 1 N–H and O–H groups in total. The lowest BCUT2D eigenvalue weighted by Gasteiger charge is -2.17. The molecule has 1 aliphatic heterocycles. The second-order valence-corrected chi connectivity index (χ2v) is 6.31. The number of rotatable bonds is 5. The maximum atomic E-state index is 4.66. The van der Waals surface area contributed by atoms with E-state index >= 15 is 0 Å². The zero-order valence-corrected chi connectivity index (χ0v) is 12.8. The van der Waals surface area contributed by atoms with Gasteiger partial charge in [0.15, 0.2) is 5.17 Å². The van der Waals surface area contributed by atoms with Gasteiger partial charge in [-0.3, -0.25) is 4.99 Å². The van der Waals surface area contributed by atoms with E-state index in [0.29, 0.717) is 12.1 Å². The third kappa shape index (κ3) is 4.55. The van der Waals surface area contributed by atoms with Gasteiger partial charge in [-0.2, -0.15) is 0 Å². The molecular weight excluding hydrogens is 254 g/mol. The SMILES string of the molecule is CC(CN=C1NC(Cc2ccccc2)CS1)N(C)C. The number of benzene rings is 1. The molecule has 0 aliphatic carbocycles. The van der Waals surface area contributed by atoms with Gasteiger partial charge in [0.1, 0.15) is 0 Å². The van der Waals surface area contributed by atoms with Gasteiger partial charge < -0.3 is 10.2 Å². The highest BCUT2D eigenvalue weighted by Crippen LogP contribution is 2.17. The van der Waals surface area contributed by atoms with E-state index in [0.717, 1.165) is 23.9 Å². The molecule has 2 atom stereocenters. The first-order chi connectivity index (χ1) is 9.15. The van der Waals surface area contributed by atoms with Gasteiger partial charge in [-0.25, -0.2) is 0 Å². The lowest BCUT2D eigenvalue weighted by Crippen LogP contribution is -2.31. The van der Waals surface area contributed by atoms with Gasteiger partial charge in [-0.1, -0.05) is 42.1 Å². The van der Waals surface area contributed by atoms with Gasteiger partial charge in [0.2, 0.25) is 0 Å². The maximum Gasteiger partial charge on any atom is 0.156 e. The Hall–Kier alpha value is -1.00. The highest BCUT2D eigenvalue weighted by molar-refractivity contribution is 8.14. The van der Waals surface area contributed by atoms with E-state index in [1.165, 1.54) is 5.56 Å². The van der Waals surface area contributed by atoms with Crippen LogP contribution in [0.4, 0.5) is 0 Å². The van der Waals surface area contributed by atoms with Crippen LogP contribution in [0.2, 0.25) is 0 Å². The van der Waals surface area contributed by atoms with Crippen LogP contribution in [0.15, 0.2) is 35.3 Å². The van der Waals surface area contributed by atoms with Crippen molar-refractivity contribution in [3.8, 4) is 0 Å². The molecule has 1 saturated heterocycles. The molecule has 0 aromatic heterocycles. The highest BCUT2D eigenvalue weighted by Gasteiger charge is 2.20. The summed E-state index contributed by atoms with van der Waals surface area (Å²) < 4.78 is 0. The van der Waals surface area contributed by atoms with Crippen LogP contribution < -0.4 is 5.32 Å². The summed E-state index contributed by atoms with van der Waals surface area (Å²) >= 11 is 1.84. The molecule has 2 rings (SSSR count). The molecule has 1 heterocycles. The monoisotopic (exact) mass is 277 g/mol. The Morgan fingerprint density at radius 3 is 2.79 bits per heavy atom. The molecule has 2 unspecified atom stereocenters. The molecule has 19 heavy (non-hydrogen) atoms. The van der Waals surface area contributed by atoms with Gasteiger partial charge in [0.25, 0.3) is 0 Å². The molecule has 1 aromatic carbocycles. The van der Waals surface area contributed by atoms with Crippen LogP contribution in [0.25, 0.3) is 0 Å². The second kappa shape index (κ2) is 6.96. The molecule has 3 nitrogen and oxygen atoms in total. The summed E-state index contributed by atoms with van der Waals surface area (Å²) in [7, 11) is 4.19. The topological polar surface area (TPSA) is 27.6 Å². The Morgan fingerprint density at radius 1 is 1.37 bits per heavy atom. The number of thioether (sulfide) groups is 1. The second-order valence-electron chi connectivity index (χ2n) is 5.30. The van der Waals surface area contributed by atoms with E-state index in [4.69, 9.17) is 0 Å². The number of amidine groups is 1. The van der Waals surface area contributed by atoms with Crippen LogP contribution >= 0.6 is 11.8 Å². The highest BCUT2D eigenvalue weighted by atomic mass is 32.2. The lowest BCUT2D eigenvalue weighted by atomic mass is 10.1. The van der Waals surface area contributed by atoms with Gasteiger partial charge in [-0.05, 0) is 33.0 Å². The van der Waals surface area contributed by atoms with Gasteiger partial charge in [-0.15, -0.1) is 0 Å². The largest absolute Gasteiger partial charge is 0.361 e. The predicted molar refractivity (Wildman–Crippen MR) is 85.0 cm³/mol. The van der Waals surface area contributed by atoms with Gasteiger partial charge in [0.05, 0.1) is 6.54 Å². The van der Waals surface area contributed by atoms with Crippen molar-refractivity contribution in [2.24, 2.45) is 4.99 Å². The van der Waals surface area contributed by atoms with Crippen LogP contribution in [-0.4, -0.2) is 48.5 Å². The molecule has 0 amide bonds. The van der Waals surface area contributed by atoms with E-state index in [1.807, 2.05) is 11.8 Å². The van der Waals surface area contributed by atoms with E-state index in [1.54, 1.807) is 0 Å². The summed E-state index contributed by atoms with van der Waals surface area (Å²) in [5.41, 5.74) is 1.39. The molecule has 0 radical (unpaired) electrons. The predicted octanol–water partition coefficient (Wildman–Crippen LogP) is 2.24. The zero-order valence-electron chi connectivity index (χ0n) is 12.0. The summed E-state index contributed by atoms with van der Waals surface area (Å²) in [5.74, 6) is 1.12. The standard InChI is InChI=1S/C15H23N3S/c1-12(18(2)3)10-16-15-17-14(11-19-15)9-13-7-5-4-6-8-13/h4-8,12,14H,9-11H2,1-3H3,(H,16,17). The molecule has 1 aliphatic rings. The van der Waals surface area contributed by atoms with Crippen molar-refractivity contribution >= 4 is 16.9 Å². The van der Waals surface area contributed by atoms with Crippen LogP contribution in [-0.2, 0) is 6.42 Å². The molecule has 0 bridgehead atoms. The molecular formula is C15H23N3S. The Kier molecular flexibility index (Phi) is 5.28. The smallest absolute Gasteiger partial charge is 0.156 e. The molecule has 1 aromatic rings. The first-order valence-corrected chi connectivity index (χ1v) is 7.78. The average Bonchev–Trinajstić information content (AvgIpc) is 2.84. The van der Waals surface area contributed by atoms with Crippen molar-refractivity contribution in [1.29, 1.82) is 0 Å². The first kappa shape index (κ1) is 14.4. The van der Waals surface area contributed by atoms with Crippen molar-refractivity contribution in [3.05, 3.63) is 35.9 Å². The summed E-state index contributed by atoms with van der Waals surface area (Å²) in [5, 5.41) is 4.63. The van der Waals surface area contributed by atoms with Crippen molar-refractivity contribution < 1.29 is 0 Å². The van der Waals surface area contributed by atoms with Crippen molar-refractivity contribution in [2.75, 3.05) is 26.4 Å². The lowest BCUT2D eigenvalue weighted by molar-refractivity contribution is 0.321. The zero-order chi connectivity index (χ0) is 13.7. The Labute approximate surface area is 120 Å². The van der Waals surface area contributed by atoms with E-state index < -0.39 is 0 Å². The minimum absolute atomic E-state index is 0.489. The average molecular weight is 277 g/mol. The number of likely N-dealkylation sites (N-methyl/N-ethyl adjacent to an activating group) is 1. The van der Waals surface area contributed by atoms with Crippen LogP contribution in [0.1, 0.15) is 12.5 Å². The molecule has 1 fully saturated rings. The van der Waals surface area contributed by atoms with Crippen molar-refractivity contribution in [1.82, 2.24) is 10.2 Å². The third-order valence-electron chi connectivity index (χ3n) is 3.45. The fraction of sp³-hybridized carbons (Fsp3) is 0.533. The number of aliphatic imine (C=N–C) groups is 1. The van der Waals surface area contributed by atoms with Crippen LogP contribution in [0.5, 0.6) is 0 Å². The van der Waals surface area contributed by atoms with Gasteiger partial charge >= 0.3 is 0 Å². The Balaban J connectivity index is 1.81. The number of nitrogens with zero attached hydrogens (tertiary/aromatic N) is 2. The summed E-state index contributed by atoms with van der Waals surface area (Å²) in [6.07, 6.45) is 1.08. The van der Waals surface area contributed by atoms with Crippen molar-refractivity contribution in [2.45, 2.75) is 25.4 Å². The minimum Gasteiger partial charge on any atom is -0.361 e. The fourth-order valence-corrected chi connectivity index (χ4v) is 2.89. The third-order valence-corrected chi connectivity index (χ3v) is 4.54. The van der Waals surface area contributed by atoms with Gasteiger partial charge in [0, 0.05) is 17.8 Å². The van der Waals surface area contributed by atoms with Crippen molar-refractivity contribution in [3.63, 3.8) is 0 Å². The quantitative estimate of drug-likeness (QED) is 0.894. The first-order valence-electron chi connectivity index (χ1n) is 6.79. The van der Waals surface area contributed by atoms with Crippen LogP contribution in [0.3, 0.4) is 0 Å². The normalized spacial score (nSPS) is 22.7. The molecule has 4 heteroatoms. The summed E-state index contributed by atoms with van der Waals surface area (Å²) in [6.45, 7) is 3.06. The molecule has 0 spiro atoms. The summed E-state index contributed by atoms with van der Waals surface area (Å²) in [4.78, 5) is 6.86. The molecule has 104 valence electrons. The fourth-order valence-electron chi connectivity index (χ4n) is 1.92. The van der Waals surface area contributed by atoms with Crippen LogP contribution in [0, 0.1) is 0 Å². The Bertz CT molecular complexity index is 417. The minimum atomic E-state index is 0.489. The summed E-state index contributed by atoms with van der Waals surface area (Å²) in [6, 6.07) is 11.7. The number of nitrogens with one attached hydrogen (secondary N) is 1.